The van der Waals surface area contributed by atoms with E-state index in [2.05, 4.69) is 15.0 Å². The SMILES string of the molecule is O=S(=O)(NCCCNc1cc(-c2cn(-c3ccccc3)nc2-c2cccc(O)c2)ccn1)c1ccc(C(F)(F)F)cc1. The molecular weight excluding hydrogens is 567 g/mol. The topological polar surface area (TPSA) is 109 Å². The van der Waals surface area contributed by atoms with Gasteiger partial charge in [0.25, 0.3) is 0 Å². The van der Waals surface area contributed by atoms with Crippen LogP contribution >= 0.6 is 0 Å². The highest BCUT2D eigenvalue weighted by Gasteiger charge is 2.30. The minimum atomic E-state index is -4.54. The number of pyridine rings is 1. The number of rotatable bonds is 10. The van der Waals surface area contributed by atoms with Crippen molar-refractivity contribution < 1.29 is 26.7 Å². The molecule has 3 N–H and O–H groups in total. The van der Waals surface area contributed by atoms with E-state index >= 15 is 0 Å². The third kappa shape index (κ3) is 6.78. The van der Waals surface area contributed by atoms with Crippen LogP contribution in [-0.2, 0) is 16.2 Å². The summed E-state index contributed by atoms with van der Waals surface area (Å²) in [6.07, 6.45) is -0.589. The predicted molar refractivity (Wildman–Crippen MR) is 154 cm³/mol. The second kappa shape index (κ2) is 12.0. The number of hydrogen-bond acceptors (Lipinski definition) is 6. The normalized spacial score (nSPS) is 11.9. The molecule has 12 heteroatoms. The lowest BCUT2D eigenvalue weighted by Gasteiger charge is -2.10. The Hall–Kier alpha value is -4.68. The molecule has 0 atom stereocenters. The van der Waals surface area contributed by atoms with Crippen LogP contribution in [0.25, 0.3) is 28.1 Å². The van der Waals surface area contributed by atoms with Crippen molar-refractivity contribution in [2.24, 2.45) is 0 Å². The first-order valence-corrected chi connectivity index (χ1v) is 14.4. The first-order valence-electron chi connectivity index (χ1n) is 12.9. The van der Waals surface area contributed by atoms with Gasteiger partial charge in [0.05, 0.1) is 16.1 Å². The zero-order valence-corrected chi connectivity index (χ0v) is 22.9. The number of nitrogens with zero attached hydrogens (tertiary/aromatic N) is 3. The number of para-hydroxylation sites is 1. The molecule has 8 nitrogen and oxygen atoms in total. The molecule has 0 radical (unpaired) electrons. The maximum Gasteiger partial charge on any atom is 0.416 e. The predicted octanol–water partition coefficient (Wildman–Crippen LogP) is 6.11. The molecule has 0 saturated carbocycles. The molecule has 2 aromatic heterocycles. The minimum Gasteiger partial charge on any atom is -0.508 e. The molecule has 3 aromatic carbocycles. The molecule has 0 bridgehead atoms. The summed E-state index contributed by atoms with van der Waals surface area (Å²) in [5.74, 6) is 0.686. The van der Waals surface area contributed by atoms with E-state index in [-0.39, 0.29) is 17.2 Å². The zero-order valence-electron chi connectivity index (χ0n) is 22.1. The van der Waals surface area contributed by atoms with Crippen molar-refractivity contribution in [3.8, 4) is 33.8 Å². The fourth-order valence-corrected chi connectivity index (χ4v) is 5.35. The van der Waals surface area contributed by atoms with Gasteiger partial charge in [-0.25, -0.2) is 22.8 Å². The summed E-state index contributed by atoms with van der Waals surface area (Å²) < 4.78 is 67.4. The van der Waals surface area contributed by atoms with E-state index in [9.17, 15) is 26.7 Å². The van der Waals surface area contributed by atoms with E-state index < -0.39 is 21.8 Å². The van der Waals surface area contributed by atoms with Gasteiger partial charge in [0.1, 0.15) is 17.3 Å². The van der Waals surface area contributed by atoms with E-state index in [1.165, 1.54) is 0 Å². The second-order valence-electron chi connectivity index (χ2n) is 9.35. The van der Waals surface area contributed by atoms with Crippen molar-refractivity contribution >= 4 is 15.8 Å². The summed E-state index contributed by atoms with van der Waals surface area (Å²) in [7, 11) is -3.95. The van der Waals surface area contributed by atoms with Crippen LogP contribution < -0.4 is 10.0 Å². The maximum atomic E-state index is 12.8. The van der Waals surface area contributed by atoms with Crippen LogP contribution in [0.3, 0.4) is 0 Å². The summed E-state index contributed by atoms with van der Waals surface area (Å²) in [6, 6.07) is 23.5. The number of aromatic hydroxyl groups is 1. The van der Waals surface area contributed by atoms with Gasteiger partial charge in [0.2, 0.25) is 10.0 Å². The Kier molecular flexibility index (Phi) is 8.27. The van der Waals surface area contributed by atoms with E-state index in [1.54, 1.807) is 29.1 Å². The van der Waals surface area contributed by atoms with E-state index in [1.807, 2.05) is 54.7 Å². The largest absolute Gasteiger partial charge is 0.508 e. The van der Waals surface area contributed by atoms with Gasteiger partial charge in [-0.2, -0.15) is 18.3 Å². The highest BCUT2D eigenvalue weighted by atomic mass is 32.2. The fourth-order valence-electron chi connectivity index (χ4n) is 4.28. The lowest BCUT2D eigenvalue weighted by atomic mass is 10.0. The Morgan fingerprint density at radius 3 is 2.33 bits per heavy atom. The van der Waals surface area contributed by atoms with Crippen molar-refractivity contribution in [3.05, 3.63) is 109 Å². The van der Waals surface area contributed by atoms with E-state index in [0.29, 0.717) is 24.5 Å². The summed E-state index contributed by atoms with van der Waals surface area (Å²) in [6.45, 7) is 0.455. The van der Waals surface area contributed by atoms with Crippen LogP contribution in [0.1, 0.15) is 12.0 Å². The van der Waals surface area contributed by atoms with Crippen LogP contribution in [0.5, 0.6) is 5.75 Å². The van der Waals surface area contributed by atoms with Crippen LogP contribution in [0.2, 0.25) is 0 Å². The average Bonchev–Trinajstić information content (AvgIpc) is 3.43. The highest BCUT2D eigenvalue weighted by molar-refractivity contribution is 7.89. The molecule has 0 aliphatic rings. The quantitative estimate of drug-likeness (QED) is 0.169. The first-order chi connectivity index (χ1) is 20.1. The van der Waals surface area contributed by atoms with Crippen LogP contribution in [0.15, 0.2) is 108 Å². The van der Waals surface area contributed by atoms with Gasteiger partial charge in [-0.15, -0.1) is 0 Å². The van der Waals surface area contributed by atoms with Crippen molar-refractivity contribution in [1.82, 2.24) is 19.5 Å². The summed E-state index contributed by atoms with van der Waals surface area (Å²) in [5, 5.41) is 18.0. The zero-order chi connectivity index (χ0) is 29.7. The van der Waals surface area contributed by atoms with Gasteiger partial charge in [-0.05, 0) is 72.6 Å². The van der Waals surface area contributed by atoms with Gasteiger partial charge in [-0.1, -0.05) is 30.3 Å². The van der Waals surface area contributed by atoms with E-state index in [0.717, 1.165) is 46.6 Å². The molecule has 0 unspecified atom stereocenters. The number of halogens is 3. The molecule has 42 heavy (non-hydrogen) atoms. The number of alkyl halides is 3. The maximum absolute atomic E-state index is 12.8. The molecule has 2 heterocycles. The first kappa shape index (κ1) is 28.8. The molecule has 0 spiro atoms. The molecule has 0 amide bonds. The number of benzene rings is 3. The number of sulfonamides is 1. The fraction of sp³-hybridized carbons (Fsp3) is 0.133. The average molecular weight is 594 g/mol. The Morgan fingerprint density at radius 1 is 0.857 bits per heavy atom. The lowest BCUT2D eigenvalue weighted by molar-refractivity contribution is -0.137. The molecule has 0 aliphatic heterocycles. The van der Waals surface area contributed by atoms with Crippen molar-refractivity contribution in [3.63, 3.8) is 0 Å². The summed E-state index contributed by atoms with van der Waals surface area (Å²) in [4.78, 5) is 4.12. The Labute approximate surface area is 240 Å². The highest BCUT2D eigenvalue weighted by Crippen LogP contribution is 2.34. The minimum absolute atomic E-state index is 0.0710. The molecular formula is C30H26F3N5O3S. The van der Waals surface area contributed by atoms with Crippen LogP contribution in [0, 0.1) is 0 Å². The third-order valence-electron chi connectivity index (χ3n) is 6.37. The second-order valence-corrected chi connectivity index (χ2v) is 11.1. The number of phenols is 1. The smallest absolute Gasteiger partial charge is 0.416 e. The van der Waals surface area contributed by atoms with Crippen molar-refractivity contribution in [2.75, 3.05) is 18.4 Å². The van der Waals surface area contributed by atoms with Crippen LogP contribution in [0.4, 0.5) is 19.0 Å². The Bertz CT molecular complexity index is 1770. The van der Waals surface area contributed by atoms with Crippen LogP contribution in [-0.4, -0.2) is 41.4 Å². The number of anilines is 1. The Balaban J connectivity index is 1.26. The Morgan fingerprint density at radius 2 is 1.62 bits per heavy atom. The monoisotopic (exact) mass is 593 g/mol. The molecule has 0 fully saturated rings. The van der Waals surface area contributed by atoms with Gasteiger partial charge >= 0.3 is 6.18 Å². The molecule has 0 aliphatic carbocycles. The molecule has 0 saturated heterocycles. The van der Waals surface area contributed by atoms with Gasteiger partial charge in [0.15, 0.2) is 0 Å². The molecule has 5 aromatic rings. The summed E-state index contributed by atoms with van der Waals surface area (Å²) >= 11 is 0. The number of nitrogens with one attached hydrogen (secondary N) is 2. The van der Waals surface area contributed by atoms with Crippen molar-refractivity contribution in [1.29, 1.82) is 0 Å². The van der Waals surface area contributed by atoms with Gasteiger partial charge in [0, 0.05) is 36.6 Å². The lowest BCUT2D eigenvalue weighted by Crippen LogP contribution is -2.26. The number of hydrogen-bond donors (Lipinski definition) is 3. The number of aromatic nitrogens is 3. The van der Waals surface area contributed by atoms with Gasteiger partial charge < -0.3 is 10.4 Å². The molecule has 5 rings (SSSR count). The van der Waals surface area contributed by atoms with Crippen molar-refractivity contribution in [2.45, 2.75) is 17.5 Å². The van der Waals surface area contributed by atoms with E-state index in [4.69, 9.17) is 5.10 Å². The standard InChI is InChI=1S/C30H26F3N5O3S/c31-30(32,33)23-10-12-26(13-11-23)42(40,41)36-16-5-15-34-28-19-21(14-17-35-28)27-20-38(24-7-2-1-3-8-24)37-29(27)22-6-4-9-25(39)18-22/h1-4,6-14,17-20,36,39H,5,15-16H2,(H,34,35). The number of phenolic OH excluding ortho intramolecular Hbond substituents is 1. The molecule has 216 valence electrons. The third-order valence-corrected chi connectivity index (χ3v) is 7.85. The summed E-state index contributed by atoms with van der Waals surface area (Å²) in [5.41, 5.74) is 3.02. The van der Waals surface area contributed by atoms with Gasteiger partial charge in [-0.3, -0.25) is 0 Å².